The third-order valence-corrected chi connectivity index (χ3v) is 2.14. The van der Waals surface area contributed by atoms with Crippen molar-refractivity contribution in [2.45, 2.75) is 31.5 Å². The molecule has 2 heterocycles. The summed E-state index contributed by atoms with van der Waals surface area (Å²) in [7, 11) is 0. The summed E-state index contributed by atoms with van der Waals surface area (Å²) >= 11 is 0. The van der Waals surface area contributed by atoms with E-state index < -0.39 is 11.7 Å². The fraction of sp³-hybridized carbons (Fsp3) is 0.714. The third kappa shape index (κ3) is 0.586. The second-order valence-electron chi connectivity index (χ2n) is 2.94. The van der Waals surface area contributed by atoms with Gasteiger partial charge in [-0.2, -0.15) is 0 Å². The number of rotatable bonds is 0. The first-order chi connectivity index (χ1) is 4.54. The quantitative estimate of drug-likeness (QED) is 0.475. The van der Waals surface area contributed by atoms with Crippen LogP contribution in [0.1, 0.15) is 19.8 Å². The Morgan fingerprint density at radius 2 is 2.20 bits per heavy atom. The molecule has 0 aromatic rings. The molecule has 10 heavy (non-hydrogen) atoms. The lowest BCUT2D eigenvalue weighted by molar-refractivity contribution is -0.164. The smallest absolute Gasteiger partial charge is 0.234 e. The Kier molecular flexibility index (Phi) is 0.892. The molecule has 0 saturated carbocycles. The van der Waals surface area contributed by atoms with Gasteiger partial charge in [-0.15, -0.1) is 0 Å². The lowest BCUT2D eigenvalue weighted by Crippen LogP contribution is -2.20. The number of hydrogen-bond donors (Lipinski definition) is 0. The molecule has 56 valence electrons. The second kappa shape index (κ2) is 1.42. The zero-order valence-electron chi connectivity index (χ0n) is 5.66. The van der Waals surface area contributed by atoms with Gasteiger partial charge >= 0.3 is 0 Å². The first-order valence-electron chi connectivity index (χ1n) is 3.32. The molecule has 0 N–H and O–H groups in total. The molecule has 2 bridgehead atoms. The number of ether oxygens (including phenoxy) is 1. The van der Waals surface area contributed by atoms with Crippen LogP contribution in [-0.4, -0.2) is 11.7 Å². The zero-order chi connectivity index (χ0) is 7.41. The molecule has 1 nitrogen and oxygen atoms in total. The van der Waals surface area contributed by atoms with Crippen LogP contribution in [0.25, 0.3) is 0 Å². The molecule has 0 amide bonds. The lowest BCUT2D eigenvalue weighted by atomic mass is 9.98. The predicted octanol–water partition coefficient (Wildman–Crippen LogP) is 2.09. The molecule has 2 aliphatic rings. The summed E-state index contributed by atoms with van der Waals surface area (Å²) in [5.41, 5.74) is 0.376. The molecule has 3 heteroatoms. The van der Waals surface area contributed by atoms with Crippen LogP contribution in [0, 0.1) is 0 Å². The molecular formula is C7H8F2O. The molecule has 1 saturated heterocycles. The highest BCUT2D eigenvalue weighted by atomic mass is 19.2. The van der Waals surface area contributed by atoms with Crippen molar-refractivity contribution in [2.75, 3.05) is 0 Å². The van der Waals surface area contributed by atoms with Gasteiger partial charge in [0.25, 0.3) is 0 Å². The number of fused-ring (bicyclic) bond motifs is 2. The molecule has 2 aliphatic heterocycles. The molecule has 2 rings (SSSR count). The first kappa shape index (κ1) is 6.28. The first-order valence-corrected chi connectivity index (χ1v) is 3.32. The van der Waals surface area contributed by atoms with E-state index in [1.165, 1.54) is 6.08 Å². The maximum Gasteiger partial charge on any atom is 0.234 e. The van der Waals surface area contributed by atoms with Gasteiger partial charge in [0, 0.05) is 12.8 Å². The van der Waals surface area contributed by atoms with Crippen molar-refractivity contribution >= 4 is 0 Å². The van der Waals surface area contributed by atoms with Gasteiger partial charge in [-0.25, -0.2) is 8.78 Å². The zero-order valence-corrected chi connectivity index (χ0v) is 5.66. The van der Waals surface area contributed by atoms with Crippen LogP contribution in [0.2, 0.25) is 0 Å². The summed E-state index contributed by atoms with van der Waals surface area (Å²) in [6, 6.07) is 0. The van der Waals surface area contributed by atoms with Crippen molar-refractivity contribution < 1.29 is 13.5 Å². The minimum atomic E-state index is -1.79. The Bertz CT molecular complexity index is 214. The monoisotopic (exact) mass is 146 g/mol. The fourth-order valence-corrected chi connectivity index (χ4v) is 1.51. The van der Waals surface area contributed by atoms with E-state index in [9.17, 15) is 8.78 Å². The Morgan fingerprint density at radius 1 is 1.50 bits per heavy atom. The molecular weight excluding hydrogens is 138 g/mol. The summed E-state index contributed by atoms with van der Waals surface area (Å²) in [6.45, 7) is 1.56. The summed E-state index contributed by atoms with van der Waals surface area (Å²) in [5, 5.41) is 0. The van der Waals surface area contributed by atoms with Crippen LogP contribution in [0.15, 0.2) is 11.6 Å². The molecule has 2 unspecified atom stereocenters. The topological polar surface area (TPSA) is 9.23 Å². The van der Waals surface area contributed by atoms with Gasteiger partial charge in [-0.3, -0.25) is 0 Å². The Hall–Kier alpha value is -0.440. The highest BCUT2D eigenvalue weighted by Gasteiger charge is 2.56. The van der Waals surface area contributed by atoms with Crippen LogP contribution in [0.3, 0.4) is 0 Å². The van der Waals surface area contributed by atoms with E-state index in [0.717, 1.165) is 0 Å². The lowest BCUT2D eigenvalue weighted by Gasteiger charge is -2.13. The van der Waals surface area contributed by atoms with Gasteiger partial charge in [0.1, 0.15) is 0 Å². The van der Waals surface area contributed by atoms with Gasteiger partial charge in [0.2, 0.25) is 11.7 Å². The normalized spacial score (nSPS) is 51.7. The molecule has 0 spiro atoms. The van der Waals surface area contributed by atoms with Crippen molar-refractivity contribution in [2.24, 2.45) is 0 Å². The van der Waals surface area contributed by atoms with Gasteiger partial charge in [0.05, 0.1) is 0 Å². The summed E-state index contributed by atoms with van der Waals surface area (Å²) < 4.78 is 30.8. The van der Waals surface area contributed by atoms with E-state index in [4.69, 9.17) is 0 Å². The van der Waals surface area contributed by atoms with Crippen LogP contribution >= 0.6 is 0 Å². The van der Waals surface area contributed by atoms with E-state index in [0.29, 0.717) is 5.57 Å². The van der Waals surface area contributed by atoms with Crippen LogP contribution < -0.4 is 0 Å². The second-order valence-corrected chi connectivity index (χ2v) is 2.94. The minimum absolute atomic E-state index is 0.154. The van der Waals surface area contributed by atoms with Crippen molar-refractivity contribution in [3.63, 3.8) is 0 Å². The molecule has 1 fully saturated rings. The van der Waals surface area contributed by atoms with Crippen LogP contribution in [-0.2, 0) is 4.74 Å². The van der Waals surface area contributed by atoms with Crippen LogP contribution in [0.5, 0.6) is 0 Å². The Morgan fingerprint density at radius 3 is 2.40 bits per heavy atom. The molecule has 0 radical (unpaired) electrons. The third-order valence-electron chi connectivity index (χ3n) is 2.14. The summed E-state index contributed by atoms with van der Waals surface area (Å²) in [4.78, 5) is 0. The number of alkyl halides is 2. The largest absolute Gasteiger partial charge is 0.301 e. The Labute approximate surface area is 57.7 Å². The van der Waals surface area contributed by atoms with E-state index in [1.54, 1.807) is 6.92 Å². The highest BCUT2D eigenvalue weighted by Crippen LogP contribution is 2.51. The highest BCUT2D eigenvalue weighted by molar-refractivity contribution is 5.25. The minimum Gasteiger partial charge on any atom is -0.301 e. The average molecular weight is 146 g/mol. The number of halogens is 2. The van der Waals surface area contributed by atoms with Crippen molar-refractivity contribution in [3.05, 3.63) is 11.6 Å². The van der Waals surface area contributed by atoms with Crippen molar-refractivity contribution in [1.82, 2.24) is 0 Å². The fourth-order valence-electron chi connectivity index (χ4n) is 1.51. The molecule has 0 aliphatic carbocycles. The van der Waals surface area contributed by atoms with Gasteiger partial charge in [-0.1, -0.05) is 0 Å². The van der Waals surface area contributed by atoms with Gasteiger partial charge in [-0.05, 0) is 18.6 Å². The molecule has 2 atom stereocenters. The van der Waals surface area contributed by atoms with E-state index in [1.807, 2.05) is 0 Å². The van der Waals surface area contributed by atoms with E-state index in [-0.39, 0.29) is 12.8 Å². The van der Waals surface area contributed by atoms with Crippen molar-refractivity contribution in [3.8, 4) is 0 Å². The maximum absolute atomic E-state index is 13.2. The van der Waals surface area contributed by atoms with E-state index >= 15 is 0 Å². The SMILES string of the molecule is CC1=CC2(F)CCC1(F)O2. The number of hydrogen-bond acceptors (Lipinski definition) is 1. The van der Waals surface area contributed by atoms with Crippen LogP contribution in [0.4, 0.5) is 8.78 Å². The molecule has 0 aromatic carbocycles. The van der Waals surface area contributed by atoms with Gasteiger partial charge < -0.3 is 4.74 Å². The molecule has 0 aromatic heterocycles. The van der Waals surface area contributed by atoms with E-state index in [2.05, 4.69) is 4.74 Å². The van der Waals surface area contributed by atoms with Gasteiger partial charge in [0.15, 0.2) is 0 Å². The standard InChI is InChI=1S/C7H8F2O/c1-5-4-6(8)2-3-7(5,9)10-6/h4H,2-3H2,1H3. The summed E-state index contributed by atoms with van der Waals surface area (Å²) in [5.74, 6) is -3.58. The maximum atomic E-state index is 13.2. The van der Waals surface area contributed by atoms with Crippen molar-refractivity contribution in [1.29, 1.82) is 0 Å². The predicted molar refractivity (Wildman–Crippen MR) is 31.8 cm³/mol. The Balaban J connectivity index is 2.43. The average Bonchev–Trinajstić information content (AvgIpc) is 2.17. The summed E-state index contributed by atoms with van der Waals surface area (Å²) in [6.07, 6.45) is 1.54.